The molecule has 0 aromatic heterocycles. The van der Waals surface area contributed by atoms with Crippen LogP contribution in [0.4, 0.5) is 0 Å². The molecule has 0 aromatic rings. The molecule has 1 fully saturated rings. The molecule has 2 N–H and O–H groups in total. The summed E-state index contributed by atoms with van der Waals surface area (Å²) in [4.78, 5) is 0. The minimum absolute atomic E-state index is 0.601. The van der Waals surface area contributed by atoms with Gasteiger partial charge >= 0.3 is 0 Å². The van der Waals surface area contributed by atoms with Crippen molar-refractivity contribution in [3.63, 3.8) is 0 Å². The van der Waals surface area contributed by atoms with Gasteiger partial charge in [0.25, 0.3) is 0 Å². The van der Waals surface area contributed by atoms with Crippen LogP contribution in [0.5, 0.6) is 0 Å². The molecule has 0 aromatic carbocycles. The smallest absolute Gasteiger partial charge is 0.0200 e. The Balaban J connectivity index is 2.03. The third kappa shape index (κ3) is 1.45. The highest BCUT2D eigenvalue weighted by Gasteiger charge is 2.28. The van der Waals surface area contributed by atoms with E-state index in [2.05, 4.69) is 12.2 Å². The number of nitrogens with two attached hydrogens (primary N) is 1. The molecule has 3 aliphatic carbocycles. The Kier molecular flexibility index (Phi) is 2.19. The summed E-state index contributed by atoms with van der Waals surface area (Å²) in [6.45, 7) is 0. The molecule has 15 heavy (non-hydrogen) atoms. The Morgan fingerprint density at radius 2 is 2.07 bits per heavy atom. The SMILES string of the molecule is NC1=C2CCCC=C2C=C2CCCCC21. The third-order valence-corrected chi connectivity index (χ3v) is 4.06. The quantitative estimate of drug-likeness (QED) is 0.638. The normalized spacial score (nSPS) is 30.3. The summed E-state index contributed by atoms with van der Waals surface area (Å²) in [6.07, 6.45) is 13.8. The maximum Gasteiger partial charge on any atom is 0.0200 e. The lowest BCUT2D eigenvalue weighted by atomic mass is 9.73. The average Bonchev–Trinajstić information content (AvgIpc) is 2.30. The molecule has 0 heterocycles. The van der Waals surface area contributed by atoms with Crippen molar-refractivity contribution < 1.29 is 0 Å². The van der Waals surface area contributed by atoms with Gasteiger partial charge in [-0.1, -0.05) is 24.1 Å². The van der Waals surface area contributed by atoms with Crippen molar-refractivity contribution in [1.29, 1.82) is 0 Å². The fourth-order valence-corrected chi connectivity index (χ4v) is 3.24. The van der Waals surface area contributed by atoms with Crippen molar-refractivity contribution in [2.24, 2.45) is 11.7 Å². The molecule has 0 bridgehead atoms. The predicted octanol–water partition coefficient (Wildman–Crippen LogP) is 3.44. The zero-order valence-corrected chi connectivity index (χ0v) is 9.26. The molecule has 0 saturated heterocycles. The van der Waals surface area contributed by atoms with Crippen LogP contribution in [0.25, 0.3) is 0 Å². The van der Waals surface area contributed by atoms with Crippen molar-refractivity contribution in [1.82, 2.24) is 0 Å². The minimum Gasteiger partial charge on any atom is -0.401 e. The van der Waals surface area contributed by atoms with Gasteiger partial charge in [0.1, 0.15) is 0 Å². The van der Waals surface area contributed by atoms with Crippen LogP contribution >= 0.6 is 0 Å². The van der Waals surface area contributed by atoms with Crippen molar-refractivity contribution in [2.75, 3.05) is 0 Å². The maximum absolute atomic E-state index is 6.34. The molecule has 1 heteroatoms. The summed E-state index contributed by atoms with van der Waals surface area (Å²) in [6, 6.07) is 0. The summed E-state index contributed by atoms with van der Waals surface area (Å²) in [5, 5.41) is 0. The van der Waals surface area contributed by atoms with Gasteiger partial charge in [0.2, 0.25) is 0 Å². The van der Waals surface area contributed by atoms with E-state index >= 15 is 0 Å². The fraction of sp³-hybridized carbons (Fsp3) is 0.571. The third-order valence-electron chi connectivity index (χ3n) is 4.06. The van der Waals surface area contributed by atoms with Gasteiger partial charge in [-0.25, -0.2) is 0 Å². The lowest BCUT2D eigenvalue weighted by Crippen LogP contribution is -2.24. The molecular weight excluding hydrogens is 182 g/mol. The molecule has 0 amide bonds. The zero-order chi connectivity index (χ0) is 10.3. The molecule has 1 atom stereocenters. The van der Waals surface area contributed by atoms with E-state index in [4.69, 9.17) is 5.73 Å². The zero-order valence-electron chi connectivity index (χ0n) is 9.26. The maximum atomic E-state index is 6.34. The van der Waals surface area contributed by atoms with Crippen molar-refractivity contribution in [3.8, 4) is 0 Å². The van der Waals surface area contributed by atoms with Crippen molar-refractivity contribution in [3.05, 3.63) is 34.6 Å². The van der Waals surface area contributed by atoms with Gasteiger partial charge in [0.15, 0.2) is 0 Å². The fourth-order valence-electron chi connectivity index (χ4n) is 3.24. The van der Waals surface area contributed by atoms with Gasteiger partial charge in [-0.3, -0.25) is 0 Å². The summed E-state index contributed by atoms with van der Waals surface area (Å²) >= 11 is 0. The highest BCUT2D eigenvalue weighted by atomic mass is 14.6. The van der Waals surface area contributed by atoms with Crippen LogP contribution in [0.15, 0.2) is 34.6 Å². The summed E-state index contributed by atoms with van der Waals surface area (Å²) in [7, 11) is 0. The second-order valence-electron chi connectivity index (χ2n) is 5.00. The summed E-state index contributed by atoms with van der Waals surface area (Å²) in [5.41, 5.74) is 12.1. The van der Waals surface area contributed by atoms with Gasteiger partial charge < -0.3 is 5.73 Å². The van der Waals surface area contributed by atoms with Gasteiger partial charge in [-0.15, -0.1) is 0 Å². The molecule has 3 rings (SSSR count). The molecule has 1 saturated carbocycles. The number of hydrogen-bond donors (Lipinski definition) is 1. The molecule has 1 nitrogen and oxygen atoms in total. The molecule has 80 valence electrons. The van der Waals surface area contributed by atoms with Crippen LogP contribution in [0.1, 0.15) is 44.9 Å². The van der Waals surface area contributed by atoms with Gasteiger partial charge in [-0.2, -0.15) is 0 Å². The van der Waals surface area contributed by atoms with Crippen LogP contribution in [0.3, 0.4) is 0 Å². The Labute approximate surface area is 91.7 Å². The molecule has 1 unspecified atom stereocenters. The average molecular weight is 201 g/mol. The standard InChI is InChI=1S/C14H19N/c15-14-12-7-3-1-5-10(12)9-11-6-2-4-8-13(11)14/h5,9,13H,1-4,6-8,15H2. The lowest BCUT2D eigenvalue weighted by Gasteiger charge is -2.33. The number of hydrogen-bond acceptors (Lipinski definition) is 1. The first-order valence-electron chi connectivity index (χ1n) is 6.26. The van der Waals surface area contributed by atoms with E-state index in [0.29, 0.717) is 5.92 Å². The largest absolute Gasteiger partial charge is 0.401 e. The summed E-state index contributed by atoms with van der Waals surface area (Å²) in [5.74, 6) is 0.601. The van der Waals surface area contributed by atoms with Gasteiger partial charge in [0, 0.05) is 11.6 Å². The lowest BCUT2D eigenvalue weighted by molar-refractivity contribution is 0.488. The monoisotopic (exact) mass is 201 g/mol. The van der Waals surface area contributed by atoms with E-state index in [1.807, 2.05) is 0 Å². The predicted molar refractivity (Wildman–Crippen MR) is 63.2 cm³/mol. The Morgan fingerprint density at radius 3 is 3.00 bits per heavy atom. The van der Waals surface area contributed by atoms with Crippen LogP contribution in [0, 0.1) is 5.92 Å². The molecule has 0 radical (unpaired) electrons. The number of allylic oxidation sites excluding steroid dienone is 5. The Morgan fingerprint density at radius 1 is 1.13 bits per heavy atom. The van der Waals surface area contributed by atoms with E-state index < -0.39 is 0 Å². The number of fused-ring (bicyclic) bond motifs is 2. The summed E-state index contributed by atoms with van der Waals surface area (Å²) < 4.78 is 0. The van der Waals surface area contributed by atoms with Crippen LogP contribution in [-0.4, -0.2) is 0 Å². The van der Waals surface area contributed by atoms with E-state index in [9.17, 15) is 0 Å². The molecular formula is C14H19N. The first-order chi connectivity index (χ1) is 7.36. The Hall–Kier alpha value is -0.980. The van der Waals surface area contributed by atoms with Crippen LogP contribution in [0.2, 0.25) is 0 Å². The first kappa shape index (κ1) is 9.26. The van der Waals surface area contributed by atoms with E-state index in [-0.39, 0.29) is 0 Å². The molecule has 0 spiro atoms. The highest BCUT2D eigenvalue weighted by Crippen LogP contribution is 2.42. The molecule has 0 aliphatic heterocycles. The van der Waals surface area contributed by atoms with Gasteiger partial charge in [-0.05, 0) is 49.7 Å². The van der Waals surface area contributed by atoms with Crippen LogP contribution < -0.4 is 5.73 Å². The second kappa shape index (κ2) is 3.55. The van der Waals surface area contributed by atoms with Crippen molar-refractivity contribution >= 4 is 0 Å². The van der Waals surface area contributed by atoms with E-state index in [0.717, 1.165) is 0 Å². The van der Waals surface area contributed by atoms with Crippen molar-refractivity contribution in [2.45, 2.75) is 44.9 Å². The van der Waals surface area contributed by atoms with E-state index in [1.165, 1.54) is 61.8 Å². The number of rotatable bonds is 0. The second-order valence-corrected chi connectivity index (χ2v) is 5.00. The first-order valence-corrected chi connectivity index (χ1v) is 6.26. The Bertz CT molecular complexity index is 371. The molecule has 3 aliphatic rings. The highest BCUT2D eigenvalue weighted by molar-refractivity contribution is 5.51. The van der Waals surface area contributed by atoms with Crippen LogP contribution in [-0.2, 0) is 0 Å². The van der Waals surface area contributed by atoms with E-state index in [1.54, 1.807) is 5.57 Å². The van der Waals surface area contributed by atoms with Gasteiger partial charge in [0.05, 0.1) is 0 Å². The topological polar surface area (TPSA) is 26.0 Å². The minimum atomic E-state index is 0.601.